The fraction of sp³-hybridized carbons (Fsp3) is 0.351. The maximum Gasteiger partial charge on any atom is 0.254 e. The molecule has 2 aliphatic rings. The number of hydrogen-bond donors (Lipinski definition) is 3. The number of carbonyl (C=O) groups is 5. The molecule has 0 radical (unpaired) electrons. The van der Waals surface area contributed by atoms with Gasteiger partial charge in [-0.15, -0.1) is 11.3 Å². The Labute approximate surface area is 303 Å². The smallest absolute Gasteiger partial charge is 0.254 e. The Bertz CT molecular complexity index is 1970. The van der Waals surface area contributed by atoms with Gasteiger partial charge in [0.1, 0.15) is 17.3 Å². The van der Waals surface area contributed by atoms with Crippen LogP contribution in [0, 0.1) is 5.82 Å². The van der Waals surface area contributed by atoms with Crippen molar-refractivity contribution in [2.75, 3.05) is 39.8 Å². The number of benzene rings is 3. The molecule has 1 fully saturated rings. The van der Waals surface area contributed by atoms with Crippen molar-refractivity contribution in [3.05, 3.63) is 88.2 Å². The topological polar surface area (TPSA) is 159 Å². The van der Waals surface area contributed by atoms with Crippen molar-refractivity contribution < 1.29 is 37.8 Å². The van der Waals surface area contributed by atoms with Crippen molar-refractivity contribution >= 4 is 51.1 Å². The molecule has 13 nitrogen and oxygen atoms in total. The SMILES string of the molecule is CC(=O)NCCNC(=O)c1cc2cc(c1)C(=O)N(C)CC(=O)N[C@@H]1CN(C(=O)CCc3nc4ccccc4s3)CC[C@@H]1OCc1cc(F)cc(c1)O2. The molecule has 4 bridgehead atoms. The fourth-order valence-electron chi connectivity index (χ4n) is 6.19. The predicted octanol–water partition coefficient (Wildman–Crippen LogP) is 3.41. The molecule has 0 spiro atoms. The van der Waals surface area contributed by atoms with Gasteiger partial charge in [0.2, 0.25) is 17.7 Å². The second kappa shape index (κ2) is 16.3. The number of ether oxygens (including phenoxy) is 2. The number of piperidine rings is 1. The Hall–Kier alpha value is -5.41. The lowest BCUT2D eigenvalue weighted by atomic mass is 10.0. The second-order valence-electron chi connectivity index (χ2n) is 12.8. The molecule has 2 atom stereocenters. The van der Waals surface area contributed by atoms with Crippen LogP contribution in [0.1, 0.15) is 51.1 Å². The van der Waals surface area contributed by atoms with Crippen LogP contribution in [0.5, 0.6) is 11.5 Å². The van der Waals surface area contributed by atoms with E-state index < -0.39 is 35.7 Å². The molecule has 3 aromatic carbocycles. The van der Waals surface area contributed by atoms with E-state index in [0.29, 0.717) is 24.9 Å². The van der Waals surface area contributed by atoms with Gasteiger partial charge in [0, 0.05) is 70.2 Å². The summed E-state index contributed by atoms with van der Waals surface area (Å²) in [6.07, 6.45) is 0.664. The fourth-order valence-corrected chi connectivity index (χ4v) is 7.15. The number of thiazole rings is 1. The number of para-hydroxylation sites is 1. The van der Waals surface area contributed by atoms with Crippen LogP contribution in [0.4, 0.5) is 4.39 Å². The zero-order chi connectivity index (χ0) is 36.8. The highest BCUT2D eigenvalue weighted by Gasteiger charge is 2.34. The van der Waals surface area contributed by atoms with Crippen molar-refractivity contribution in [3.63, 3.8) is 0 Å². The Kier molecular flexibility index (Phi) is 11.4. The lowest BCUT2D eigenvalue weighted by Gasteiger charge is -2.39. The van der Waals surface area contributed by atoms with Crippen LogP contribution in [0.25, 0.3) is 10.2 Å². The molecule has 0 aliphatic carbocycles. The number of nitrogens with one attached hydrogen (secondary N) is 3. The second-order valence-corrected chi connectivity index (χ2v) is 13.9. The molecule has 1 aromatic heterocycles. The van der Waals surface area contributed by atoms with Gasteiger partial charge >= 0.3 is 0 Å². The third-order valence-electron chi connectivity index (χ3n) is 8.70. The zero-order valence-electron chi connectivity index (χ0n) is 28.8. The van der Waals surface area contributed by atoms with E-state index in [9.17, 15) is 28.4 Å². The molecular formula is C37H39FN6O7S. The first-order valence-electron chi connectivity index (χ1n) is 16.9. The lowest BCUT2D eigenvalue weighted by molar-refractivity contribution is -0.137. The molecular weight excluding hydrogens is 692 g/mol. The van der Waals surface area contributed by atoms with Gasteiger partial charge in [-0.1, -0.05) is 12.1 Å². The lowest BCUT2D eigenvalue weighted by Crippen LogP contribution is -2.58. The highest BCUT2D eigenvalue weighted by atomic mass is 32.1. The number of aromatic nitrogens is 1. The Morgan fingerprint density at radius 3 is 2.63 bits per heavy atom. The number of hydrogen-bond acceptors (Lipinski definition) is 9. The molecule has 0 unspecified atom stereocenters. The molecule has 3 N–H and O–H groups in total. The Morgan fingerprint density at radius 1 is 1.04 bits per heavy atom. The van der Waals surface area contributed by atoms with Gasteiger partial charge in [0.05, 0.1) is 40.5 Å². The first-order valence-corrected chi connectivity index (χ1v) is 17.8. The summed E-state index contributed by atoms with van der Waals surface area (Å²) in [7, 11) is 1.46. The van der Waals surface area contributed by atoms with Gasteiger partial charge in [-0.3, -0.25) is 24.0 Å². The van der Waals surface area contributed by atoms with E-state index in [1.165, 1.54) is 49.2 Å². The van der Waals surface area contributed by atoms with Crippen molar-refractivity contribution in [2.45, 2.75) is 44.9 Å². The number of rotatable bonds is 7. The van der Waals surface area contributed by atoms with Crippen molar-refractivity contribution in [3.8, 4) is 11.5 Å². The summed E-state index contributed by atoms with van der Waals surface area (Å²) in [5.74, 6) is -2.25. The summed E-state index contributed by atoms with van der Waals surface area (Å²) < 4.78 is 28.1. The predicted molar refractivity (Wildman–Crippen MR) is 191 cm³/mol. The van der Waals surface area contributed by atoms with E-state index in [1.807, 2.05) is 24.3 Å². The van der Waals surface area contributed by atoms with E-state index in [-0.39, 0.29) is 73.6 Å². The number of carbonyl (C=O) groups excluding carboxylic acids is 5. The van der Waals surface area contributed by atoms with Crippen LogP contribution >= 0.6 is 11.3 Å². The minimum absolute atomic E-state index is 0.00288. The zero-order valence-corrected chi connectivity index (χ0v) is 29.6. The maximum absolute atomic E-state index is 14.9. The van der Waals surface area contributed by atoms with Gasteiger partial charge in [-0.05, 0) is 54.4 Å². The third kappa shape index (κ3) is 9.27. The molecule has 0 saturated carbocycles. The Morgan fingerprint density at radius 2 is 1.83 bits per heavy atom. The number of aryl methyl sites for hydroxylation is 1. The standard InChI is InChI=1S/C37H39FN6O7S/c1-22(45)39-10-11-40-36(48)24-15-25-17-28(16-24)51-27-14-23(13-26(38)18-27)21-50-31-9-12-44(19-30(31)41-33(46)20-43(2)37(25)49)35(47)8-7-34-42-29-5-3-4-6-32(29)52-34/h3-6,13-18,30-31H,7-12,19-21H2,1-2H3,(H,39,45)(H,40,48)(H,41,46)/t30-,31+/m1/s1. The van der Waals surface area contributed by atoms with Crippen molar-refractivity contribution in [1.82, 2.24) is 30.7 Å². The molecule has 6 rings (SSSR count). The Balaban J connectivity index is 1.20. The summed E-state index contributed by atoms with van der Waals surface area (Å²) >= 11 is 1.56. The molecule has 5 amide bonds. The first kappa shape index (κ1) is 36.4. The van der Waals surface area contributed by atoms with Crippen LogP contribution in [0.3, 0.4) is 0 Å². The number of amides is 5. The molecule has 2 aliphatic heterocycles. The van der Waals surface area contributed by atoms with Crippen LogP contribution in [0.2, 0.25) is 0 Å². The molecule has 15 heteroatoms. The monoisotopic (exact) mass is 730 g/mol. The van der Waals surface area contributed by atoms with Crippen LogP contribution in [-0.4, -0.2) is 96.2 Å². The summed E-state index contributed by atoms with van der Waals surface area (Å²) in [4.78, 5) is 72.2. The van der Waals surface area contributed by atoms with E-state index in [2.05, 4.69) is 20.9 Å². The largest absolute Gasteiger partial charge is 0.457 e. The number of fused-ring (bicyclic) bond motifs is 6. The minimum Gasteiger partial charge on any atom is -0.457 e. The van der Waals surface area contributed by atoms with Gasteiger partial charge in [0.25, 0.3) is 11.8 Å². The first-order chi connectivity index (χ1) is 25.0. The summed E-state index contributed by atoms with van der Waals surface area (Å²) in [6, 6.07) is 15.5. The maximum atomic E-state index is 14.9. The van der Waals surface area contributed by atoms with Crippen LogP contribution in [-0.2, 0) is 32.1 Å². The number of likely N-dealkylation sites (N-methyl/N-ethyl adjacent to an activating group) is 1. The molecule has 4 aromatic rings. The summed E-state index contributed by atoms with van der Waals surface area (Å²) in [5.41, 5.74) is 1.51. The van der Waals surface area contributed by atoms with E-state index in [0.717, 1.165) is 15.2 Å². The van der Waals surface area contributed by atoms with Gasteiger partial charge in [-0.2, -0.15) is 0 Å². The van der Waals surface area contributed by atoms with Crippen molar-refractivity contribution in [2.24, 2.45) is 0 Å². The number of nitrogens with zero attached hydrogens (tertiary/aromatic N) is 3. The van der Waals surface area contributed by atoms with E-state index >= 15 is 0 Å². The molecule has 52 heavy (non-hydrogen) atoms. The third-order valence-corrected chi connectivity index (χ3v) is 9.79. The van der Waals surface area contributed by atoms with E-state index in [1.54, 1.807) is 22.3 Å². The highest BCUT2D eigenvalue weighted by molar-refractivity contribution is 7.18. The molecule has 1 saturated heterocycles. The van der Waals surface area contributed by atoms with Gasteiger partial charge in [-0.25, -0.2) is 9.37 Å². The van der Waals surface area contributed by atoms with Gasteiger partial charge in [0.15, 0.2) is 0 Å². The number of likely N-dealkylation sites (tertiary alicyclic amines) is 1. The van der Waals surface area contributed by atoms with E-state index in [4.69, 9.17) is 9.47 Å². The highest BCUT2D eigenvalue weighted by Crippen LogP contribution is 2.28. The normalized spacial score (nSPS) is 17.9. The average molecular weight is 731 g/mol. The quantitative estimate of drug-likeness (QED) is 0.244. The van der Waals surface area contributed by atoms with Gasteiger partial charge < -0.3 is 35.2 Å². The number of halogens is 1. The summed E-state index contributed by atoms with van der Waals surface area (Å²) in [6.45, 7) is 1.97. The minimum atomic E-state index is -0.607. The van der Waals surface area contributed by atoms with Crippen LogP contribution < -0.4 is 20.7 Å². The average Bonchev–Trinajstić information content (AvgIpc) is 3.53. The summed E-state index contributed by atoms with van der Waals surface area (Å²) in [5, 5.41) is 9.10. The van der Waals surface area contributed by atoms with Crippen LogP contribution in [0.15, 0.2) is 60.7 Å². The molecule has 3 heterocycles. The molecule has 272 valence electrons. The van der Waals surface area contributed by atoms with Crippen molar-refractivity contribution in [1.29, 1.82) is 0 Å².